The third-order valence-electron chi connectivity index (χ3n) is 3.72. The number of carbonyl (C=O) groups excluding carboxylic acids is 2. The highest BCUT2D eigenvalue weighted by Crippen LogP contribution is 2.31. The van der Waals surface area contributed by atoms with E-state index < -0.39 is 0 Å². The van der Waals surface area contributed by atoms with E-state index in [4.69, 9.17) is 11.6 Å². The Morgan fingerprint density at radius 3 is 2.83 bits per heavy atom. The molecule has 2 aromatic rings. The van der Waals surface area contributed by atoms with Gasteiger partial charge in [-0.2, -0.15) is 0 Å². The summed E-state index contributed by atoms with van der Waals surface area (Å²) in [6.07, 6.45) is 0. The Kier molecular flexibility index (Phi) is 4.63. The first-order valence-corrected chi connectivity index (χ1v) is 8.63. The molecule has 3 rings (SSSR count). The van der Waals surface area contributed by atoms with Crippen LogP contribution in [0.15, 0.2) is 29.6 Å². The van der Waals surface area contributed by atoms with E-state index in [9.17, 15) is 9.59 Å². The van der Waals surface area contributed by atoms with E-state index in [1.165, 1.54) is 11.3 Å². The summed E-state index contributed by atoms with van der Waals surface area (Å²) in [5.74, 6) is -0.243. The average Bonchev–Trinajstić information content (AvgIpc) is 2.96. The summed E-state index contributed by atoms with van der Waals surface area (Å²) >= 11 is 7.55. The lowest BCUT2D eigenvalue weighted by Gasteiger charge is -2.37. The number of rotatable bonds is 4. The minimum Gasteiger partial charge on any atom is -0.356 e. The van der Waals surface area contributed by atoms with Crippen molar-refractivity contribution in [3.8, 4) is 10.6 Å². The van der Waals surface area contributed by atoms with E-state index in [0.29, 0.717) is 30.4 Å². The molecule has 0 atom stereocenters. The zero-order valence-corrected chi connectivity index (χ0v) is 14.2. The van der Waals surface area contributed by atoms with Crippen LogP contribution < -0.4 is 5.32 Å². The van der Waals surface area contributed by atoms with Crippen molar-refractivity contribution in [1.82, 2.24) is 15.2 Å². The first-order valence-electron chi connectivity index (χ1n) is 7.37. The molecule has 23 heavy (non-hydrogen) atoms. The highest BCUT2D eigenvalue weighted by molar-refractivity contribution is 7.13. The van der Waals surface area contributed by atoms with E-state index in [2.05, 4.69) is 10.3 Å². The molecule has 1 aliphatic rings. The minimum atomic E-state index is -0.139. The highest BCUT2D eigenvalue weighted by Gasteiger charge is 2.36. The molecule has 1 aliphatic heterocycles. The molecule has 0 unspecified atom stereocenters. The van der Waals surface area contributed by atoms with Crippen molar-refractivity contribution in [2.45, 2.75) is 6.92 Å². The fraction of sp³-hybridized carbons (Fsp3) is 0.312. The van der Waals surface area contributed by atoms with Crippen molar-refractivity contribution in [3.63, 3.8) is 0 Å². The van der Waals surface area contributed by atoms with Gasteiger partial charge in [0.15, 0.2) is 0 Å². The fourth-order valence-corrected chi connectivity index (χ4v) is 3.54. The van der Waals surface area contributed by atoms with Crippen molar-refractivity contribution in [1.29, 1.82) is 0 Å². The molecule has 1 aromatic heterocycles. The maximum Gasteiger partial charge on any atom is 0.273 e. The number of carbonyl (C=O) groups is 2. The molecule has 120 valence electrons. The van der Waals surface area contributed by atoms with Crippen molar-refractivity contribution in [2.24, 2.45) is 5.92 Å². The maximum atomic E-state index is 12.4. The van der Waals surface area contributed by atoms with E-state index in [-0.39, 0.29) is 17.7 Å². The van der Waals surface area contributed by atoms with Crippen LogP contribution in [0.2, 0.25) is 5.02 Å². The van der Waals surface area contributed by atoms with Gasteiger partial charge in [0.25, 0.3) is 5.91 Å². The van der Waals surface area contributed by atoms with Crippen LogP contribution in [-0.4, -0.2) is 41.3 Å². The number of halogens is 1. The number of nitrogens with one attached hydrogen (secondary N) is 1. The summed E-state index contributed by atoms with van der Waals surface area (Å²) in [6.45, 7) is 3.38. The molecule has 2 heterocycles. The topological polar surface area (TPSA) is 62.3 Å². The van der Waals surface area contributed by atoms with Crippen LogP contribution in [0.25, 0.3) is 10.6 Å². The summed E-state index contributed by atoms with van der Waals surface area (Å²) in [6, 6.07) is 7.42. The lowest BCUT2D eigenvalue weighted by atomic mass is 9.99. The monoisotopic (exact) mass is 349 g/mol. The van der Waals surface area contributed by atoms with Crippen LogP contribution in [-0.2, 0) is 4.79 Å². The van der Waals surface area contributed by atoms with Gasteiger partial charge >= 0.3 is 0 Å². The molecule has 0 radical (unpaired) electrons. The molecule has 0 saturated carbocycles. The number of aromatic nitrogens is 1. The second-order valence-electron chi connectivity index (χ2n) is 5.32. The summed E-state index contributed by atoms with van der Waals surface area (Å²) in [5.41, 5.74) is 1.22. The summed E-state index contributed by atoms with van der Waals surface area (Å²) in [4.78, 5) is 30.1. The van der Waals surface area contributed by atoms with Crippen molar-refractivity contribution in [3.05, 3.63) is 40.4 Å². The largest absolute Gasteiger partial charge is 0.356 e. The number of thiazole rings is 1. The molecule has 1 aromatic carbocycles. The van der Waals surface area contributed by atoms with Gasteiger partial charge in [-0.1, -0.05) is 29.8 Å². The molecule has 1 saturated heterocycles. The van der Waals surface area contributed by atoms with Crippen LogP contribution in [0.4, 0.5) is 0 Å². The van der Waals surface area contributed by atoms with Crippen LogP contribution in [0.3, 0.4) is 0 Å². The Morgan fingerprint density at radius 1 is 1.39 bits per heavy atom. The van der Waals surface area contributed by atoms with Gasteiger partial charge in [-0.05, 0) is 13.0 Å². The van der Waals surface area contributed by atoms with E-state index >= 15 is 0 Å². The highest BCUT2D eigenvalue weighted by atomic mass is 35.5. The quantitative estimate of drug-likeness (QED) is 0.923. The molecule has 5 nitrogen and oxygen atoms in total. The Balaban J connectivity index is 1.67. The smallest absolute Gasteiger partial charge is 0.273 e. The van der Waals surface area contributed by atoms with Gasteiger partial charge < -0.3 is 10.2 Å². The zero-order chi connectivity index (χ0) is 16.4. The number of hydrogen-bond acceptors (Lipinski definition) is 4. The SMILES string of the molecule is CCNC(=O)C1CN(C(=O)c2csc(-c3ccccc3Cl)n2)C1. The third-order valence-corrected chi connectivity index (χ3v) is 4.92. The Morgan fingerprint density at radius 2 is 2.13 bits per heavy atom. The maximum absolute atomic E-state index is 12.4. The van der Waals surface area contributed by atoms with Gasteiger partial charge in [0.05, 0.1) is 10.9 Å². The molecule has 0 bridgehead atoms. The van der Waals surface area contributed by atoms with Crippen LogP contribution in [0.5, 0.6) is 0 Å². The molecule has 0 aliphatic carbocycles. The first-order chi connectivity index (χ1) is 11.1. The van der Waals surface area contributed by atoms with E-state index in [0.717, 1.165) is 10.6 Å². The second kappa shape index (κ2) is 6.68. The lowest BCUT2D eigenvalue weighted by molar-refractivity contribution is -0.128. The molecule has 1 N–H and O–H groups in total. The third kappa shape index (κ3) is 3.23. The summed E-state index contributed by atoms with van der Waals surface area (Å²) < 4.78 is 0. The van der Waals surface area contributed by atoms with Gasteiger partial charge in [-0.25, -0.2) is 4.98 Å². The zero-order valence-electron chi connectivity index (χ0n) is 12.6. The number of nitrogens with zero attached hydrogens (tertiary/aromatic N) is 2. The first kappa shape index (κ1) is 16.0. The molecule has 1 fully saturated rings. The van der Waals surface area contributed by atoms with Crippen molar-refractivity contribution >= 4 is 34.8 Å². The normalized spacial score (nSPS) is 14.4. The summed E-state index contributed by atoms with van der Waals surface area (Å²) in [7, 11) is 0. The van der Waals surface area contributed by atoms with Crippen molar-refractivity contribution < 1.29 is 9.59 Å². The predicted molar refractivity (Wildman–Crippen MR) is 90.6 cm³/mol. The lowest BCUT2D eigenvalue weighted by Crippen LogP contribution is -2.55. The number of amides is 2. The predicted octanol–water partition coefficient (Wildman–Crippen LogP) is 2.67. The van der Waals surface area contributed by atoms with Gasteiger partial charge in [-0.15, -0.1) is 11.3 Å². The van der Waals surface area contributed by atoms with Crippen LogP contribution >= 0.6 is 22.9 Å². The van der Waals surface area contributed by atoms with Gasteiger partial charge in [0.1, 0.15) is 10.7 Å². The van der Waals surface area contributed by atoms with Crippen LogP contribution in [0.1, 0.15) is 17.4 Å². The second-order valence-corrected chi connectivity index (χ2v) is 6.58. The average molecular weight is 350 g/mol. The number of hydrogen-bond donors (Lipinski definition) is 1. The van der Waals surface area contributed by atoms with Gasteiger partial charge in [0.2, 0.25) is 5.91 Å². The fourth-order valence-electron chi connectivity index (χ4n) is 2.42. The van der Waals surface area contributed by atoms with Crippen LogP contribution in [0, 0.1) is 5.92 Å². The number of benzene rings is 1. The van der Waals surface area contributed by atoms with E-state index in [1.54, 1.807) is 16.3 Å². The Labute approximate surface area is 143 Å². The molecular weight excluding hydrogens is 334 g/mol. The molecule has 7 heteroatoms. The molecular formula is C16H16ClN3O2S. The standard InChI is InChI=1S/C16H16ClN3O2S/c1-2-18-14(21)10-7-20(8-10)16(22)13-9-23-15(19-13)11-5-3-4-6-12(11)17/h3-6,9-10H,2,7-8H2,1H3,(H,18,21). The minimum absolute atomic E-state index is 0.00610. The molecule has 2 amide bonds. The van der Waals surface area contributed by atoms with Gasteiger partial charge in [0, 0.05) is 30.6 Å². The Hall–Kier alpha value is -1.92. The molecule has 0 spiro atoms. The summed E-state index contributed by atoms with van der Waals surface area (Å²) in [5, 5.41) is 5.84. The van der Waals surface area contributed by atoms with Gasteiger partial charge in [-0.3, -0.25) is 9.59 Å². The van der Waals surface area contributed by atoms with Crippen molar-refractivity contribution in [2.75, 3.05) is 19.6 Å². The number of likely N-dealkylation sites (tertiary alicyclic amines) is 1. The van der Waals surface area contributed by atoms with E-state index in [1.807, 2.05) is 25.1 Å². The Bertz CT molecular complexity index is 740.